The second-order valence-corrected chi connectivity index (χ2v) is 8.63. The van der Waals surface area contributed by atoms with Gasteiger partial charge in [0.15, 0.2) is 0 Å². The Labute approximate surface area is 197 Å². The largest absolute Gasteiger partial charge is 0.497 e. The van der Waals surface area contributed by atoms with Crippen molar-refractivity contribution in [1.29, 1.82) is 0 Å². The van der Waals surface area contributed by atoms with Gasteiger partial charge in [-0.05, 0) is 61.6 Å². The van der Waals surface area contributed by atoms with Crippen molar-refractivity contribution in [3.05, 3.63) is 59.9 Å². The molecule has 2 aliphatic heterocycles. The van der Waals surface area contributed by atoms with Crippen LogP contribution in [0.5, 0.6) is 5.75 Å². The minimum atomic E-state index is -0.790. The number of benzene rings is 2. The number of carbonyl (C=O) groups is 3. The van der Waals surface area contributed by atoms with Crippen molar-refractivity contribution in [2.75, 3.05) is 25.6 Å². The predicted octanol–water partition coefficient (Wildman–Crippen LogP) is 3.27. The summed E-state index contributed by atoms with van der Waals surface area (Å²) < 4.78 is 24.1. The van der Waals surface area contributed by atoms with Crippen molar-refractivity contribution in [2.24, 2.45) is 0 Å². The first-order chi connectivity index (χ1) is 16.4. The van der Waals surface area contributed by atoms with Gasteiger partial charge >= 0.3 is 6.03 Å². The summed E-state index contributed by atoms with van der Waals surface area (Å²) in [6.45, 7) is 0.905. The fourth-order valence-corrected chi connectivity index (χ4v) is 4.60. The number of anilines is 1. The maximum atomic E-state index is 13.3. The first kappa shape index (κ1) is 23.7. The van der Waals surface area contributed by atoms with Crippen molar-refractivity contribution in [1.82, 2.24) is 10.2 Å². The van der Waals surface area contributed by atoms with Crippen molar-refractivity contribution < 1.29 is 28.2 Å². The molecule has 0 spiro atoms. The van der Waals surface area contributed by atoms with E-state index >= 15 is 0 Å². The zero-order chi connectivity index (χ0) is 24.1. The van der Waals surface area contributed by atoms with Gasteiger partial charge in [-0.3, -0.25) is 14.5 Å². The summed E-state index contributed by atoms with van der Waals surface area (Å²) in [6.07, 6.45) is 1.73. The van der Waals surface area contributed by atoms with Gasteiger partial charge in [0.05, 0.1) is 12.6 Å². The van der Waals surface area contributed by atoms with Crippen LogP contribution in [0, 0.1) is 5.82 Å². The van der Waals surface area contributed by atoms with E-state index in [1.165, 1.54) is 23.1 Å². The molecule has 1 atom stereocenters. The van der Waals surface area contributed by atoms with Crippen molar-refractivity contribution in [3.63, 3.8) is 0 Å². The molecule has 0 aliphatic carbocycles. The third-order valence-corrected chi connectivity index (χ3v) is 6.38. The van der Waals surface area contributed by atoms with E-state index in [1.807, 2.05) is 24.3 Å². The van der Waals surface area contributed by atoms with Gasteiger partial charge in [0.25, 0.3) is 5.91 Å². The summed E-state index contributed by atoms with van der Waals surface area (Å²) in [4.78, 5) is 39.9. The zero-order valence-corrected chi connectivity index (χ0v) is 19.0. The number of ether oxygens (including phenoxy) is 2. The van der Waals surface area contributed by atoms with Crippen LogP contribution < -0.4 is 15.4 Å². The molecule has 2 saturated heterocycles. The Hall–Kier alpha value is -3.46. The highest BCUT2D eigenvalue weighted by Gasteiger charge is 2.50. The van der Waals surface area contributed by atoms with E-state index in [1.54, 1.807) is 13.2 Å². The van der Waals surface area contributed by atoms with E-state index in [4.69, 9.17) is 9.47 Å². The lowest BCUT2D eigenvalue weighted by Crippen LogP contribution is -2.56. The minimum absolute atomic E-state index is 0.00955. The molecule has 0 aromatic heterocycles. The van der Waals surface area contributed by atoms with Crippen LogP contribution in [0.2, 0.25) is 0 Å². The molecule has 180 valence electrons. The summed E-state index contributed by atoms with van der Waals surface area (Å²) in [5, 5.41) is 5.36. The van der Waals surface area contributed by atoms with Crippen molar-refractivity contribution in [3.8, 4) is 5.75 Å². The van der Waals surface area contributed by atoms with Gasteiger partial charge in [0.1, 0.15) is 17.6 Å². The molecule has 9 heteroatoms. The lowest BCUT2D eigenvalue weighted by Gasteiger charge is -2.43. The molecule has 2 aliphatic rings. The fourth-order valence-electron chi connectivity index (χ4n) is 4.60. The first-order valence-electron chi connectivity index (χ1n) is 11.3. The molecule has 0 bridgehead atoms. The number of nitrogens with one attached hydrogen (secondary N) is 2. The number of nitrogens with zero attached hydrogens (tertiary/aromatic N) is 1. The van der Waals surface area contributed by atoms with E-state index in [-0.39, 0.29) is 24.7 Å². The average Bonchev–Trinajstić information content (AvgIpc) is 3.12. The first-order valence-corrected chi connectivity index (χ1v) is 11.3. The summed E-state index contributed by atoms with van der Waals surface area (Å²) in [6, 6.07) is 11.9. The molecule has 0 radical (unpaired) electrons. The Morgan fingerprint density at radius 2 is 1.94 bits per heavy atom. The summed E-state index contributed by atoms with van der Waals surface area (Å²) in [5.74, 6) is -0.411. The lowest BCUT2D eigenvalue weighted by molar-refractivity contribution is -0.135. The Balaban J connectivity index is 1.44. The van der Waals surface area contributed by atoms with Crippen LogP contribution in [0.1, 0.15) is 31.2 Å². The molecular weight excluding hydrogens is 441 g/mol. The van der Waals surface area contributed by atoms with E-state index in [9.17, 15) is 18.8 Å². The van der Waals surface area contributed by atoms with E-state index in [2.05, 4.69) is 10.6 Å². The Bertz CT molecular complexity index is 1050. The molecule has 0 saturated carbocycles. The molecule has 4 amide bonds. The molecule has 2 fully saturated rings. The van der Waals surface area contributed by atoms with Gasteiger partial charge in [0, 0.05) is 25.3 Å². The Kier molecular flexibility index (Phi) is 7.12. The van der Waals surface area contributed by atoms with Crippen LogP contribution in [-0.2, 0) is 20.7 Å². The third kappa shape index (κ3) is 5.20. The van der Waals surface area contributed by atoms with Crippen molar-refractivity contribution in [2.45, 2.75) is 43.7 Å². The van der Waals surface area contributed by atoms with Crippen LogP contribution >= 0.6 is 0 Å². The number of amides is 4. The highest BCUT2D eigenvalue weighted by atomic mass is 19.1. The van der Waals surface area contributed by atoms with Gasteiger partial charge in [-0.15, -0.1) is 0 Å². The van der Waals surface area contributed by atoms with Gasteiger partial charge in [-0.1, -0.05) is 18.2 Å². The standard InChI is InChI=1S/C25H28FN3O5/c1-33-20-7-5-17(6-8-20)16-25(11-13-34-14-12-25)29-23(31)21(28-24(29)32)9-10-22(30)27-19-4-2-3-18(26)15-19/h2-8,15,21H,9-14,16H2,1H3,(H,27,30)(H,28,32)/t21-/m1/s1. The van der Waals surface area contributed by atoms with E-state index in [0.29, 0.717) is 38.2 Å². The van der Waals surface area contributed by atoms with Gasteiger partial charge in [0.2, 0.25) is 5.91 Å². The van der Waals surface area contributed by atoms with Crippen LogP contribution in [0.3, 0.4) is 0 Å². The summed E-state index contributed by atoms with van der Waals surface area (Å²) in [7, 11) is 1.60. The summed E-state index contributed by atoms with van der Waals surface area (Å²) >= 11 is 0. The zero-order valence-electron chi connectivity index (χ0n) is 19.0. The third-order valence-electron chi connectivity index (χ3n) is 6.38. The van der Waals surface area contributed by atoms with E-state index in [0.717, 1.165) is 11.3 Å². The van der Waals surface area contributed by atoms with Crippen molar-refractivity contribution >= 4 is 23.5 Å². The fraction of sp³-hybridized carbons (Fsp3) is 0.400. The van der Waals surface area contributed by atoms with Gasteiger partial charge < -0.3 is 20.1 Å². The number of urea groups is 1. The second-order valence-electron chi connectivity index (χ2n) is 8.63. The smallest absolute Gasteiger partial charge is 0.325 e. The average molecular weight is 470 g/mol. The van der Waals surface area contributed by atoms with E-state index < -0.39 is 23.4 Å². The molecule has 0 unspecified atom stereocenters. The number of halogens is 1. The molecule has 4 rings (SSSR count). The number of carbonyl (C=O) groups excluding carboxylic acids is 3. The van der Waals surface area contributed by atoms with Gasteiger partial charge in [-0.25, -0.2) is 9.18 Å². The predicted molar refractivity (Wildman–Crippen MR) is 123 cm³/mol. The summed E-state index contributed by atoms with van der Waals surface area (Å²) in [5.41, 5.74) is 0.627. The van der Waals surface area contributed by atoms with Gasteiger partial charge in [-0.2, -0.15) is 0 Å². The SMILES string of the molecule is COc1ccc(CC2(N3C(=O)N[C@H](CCC(=O)Nc4cccc(F)c4)C3=O)CCOCC2)cc1. The molecule has 34 heavy (non-hydrogen) atoms. The second kappa shape index (κ2) is 10.2. The molecular formula is C25H28FN3O5. The monoisotopic (exact) mass is 469 g/mol. The lowest BCUT2D eigenvalue weighted by atomic mass is 9.82. The number of hydrogen-bond acceptors (Lipinski definition) is 5. The number of imide groups is 1. The number of hydrogen-bond donors (Lipinski definition) is 2. The number of methoxy groups -OCH3 is 1. The topological polar surface area (TPSA) is 97.0 Å². The van der Waals surface area contributed by atoms with Crippen LogP contribution in [-0.4, -0.2) is 54.6 Å². The molecule has 2 heterocycles. The molecule has 2 N–H and O–H groups in total. The highest BCUT2D eigenvalue weighted by molar-refractivity contribution is 6.05. The Morgan fingerprint density at radius 3 is 2.62 bits per heavy atom. The maximum absolute atomic E-state index is 13.3. The van der Waals surface area contributed by atoms with Crippen LogP contribution in [0.15, 0.2) is 48.5 Å². The number of rotatable bonds is 8. The Morgan fingerprint density at radius 1 is 1.21 bits per heavy atom. The molecule has 2 aromatic carbocycles. The normalized spacial score (nSPS) is 19.6. The van der Waals surface area contributed by atoms with Crippen LogP contribution in [0.25, 0.3) is 0 Å². The van der Waals surface area contributed by atoms with Crippen LogP contribution in [0.4, 0.5) is 14.9 Å². The minimum Gasteiger partial charge on any atom is -0.497 e. The molecule has 8 nitrogen and oxygen atoms in total. The maximum Gasteiger partial charge on any atom is 0.325 e. The highest BCUT2D eigenvalue weighted by Crippen LogP contribution is 2.35. The quantitative estimate of drug-likeness (QED) is 0.579. The molecule has 2 aromatic rings.